The average Bonchev–Trinajstić information content (AvgIpc) is 2.21. The highest BCUT2D eigenvalue weighted by Crippen LogP contribution is 2.29. The predicted molar refractivity (Wildman–Crippen MR) is 65.9 cm³/mol. The van der Waals surface area contributed by atoms with Crippen molar-refractivity contribution in [3.8, 4) is 5.75 Å². The highest BCUT2D eigenvalue weighted by molar-refractivity contribution is 9.10. The van der Waals surface area contributed by atoms with Gasteiger partial charge in [-0.15, -0.1) is 0 Å². The van der Waals surface area contributed by atoms with Crippen molar-refractivity contribution in [1.29, 1.82) is 0 Å². The van der Waals surface area contributed by atoms with Gasteiger partial charge in [-0.1, -0.05) is 6.92 Å². The van der Waals surface area contributed by atoms with Gasteiger partial charge >= 0.3 is 5.97 Å². The quantitative estimate of drug-likeness (QED) is 0.926. The summed E-state index contributed by atoms with van der Waals surface area (Å²) in [4.78, 5) is 10.8. The van der Waals surface area contributed by atoms with Gasteiger partial charge in [-0.2, -0.15) is 0 Å². The third-order valence-corrected chi connectivity index (χ3v) is 3.18. The maximum atomic E-state index is 10.8. The molecule has 0 aliphatic heterocycles. The Morgan fingerprint density at radius 3 is 2.69 bits per heavy atom. The van der Waals surface area contributed by atoms with Crippen molar-refractivity contribution in [1.82, 2.24) is 0 Å². The lowest BCUT2D eigenvalue weighted by Gasteiger charge is -2.12. The molecule has 1 aromatic carbocycles. The number of carboxylic acids is 1. The molecule has 0 bridgehead atoms. The molecule has 0 saturated carbocycles. The zero-order chi connectivity index (χ0) is 12.3. The van der Waals surface area contributed by atoms with Gasteiger partial charge in [-0.3, -0.25) is 4.79 Å². The van der Waals surface area contributed by atoms with E-state index in [0.717, 1.165) is 21.3 Å². The number of hydrogen-bond acceptors (Lipinski definition) is 2. The van der Waals surface area contributed by atoms with E-state index in [1.165, 1.54) is 0 Å². The number of aryl methyl sites for hydroxylation is 1. The number of methoxy groups -OCH3 is 1. The summed E-state index contributed by atoms with van der Waals surface area (Å²) in [5.41, 5.74) is 2.08. The van der Waals surface area contributed by atoms with E-state index < -0.39 is 5.97 Å². The highest BCUT2D eigenvalue weighted by atomic mass is 79.9. The first kappa shape index (κ1) is 13.0. The van der Waals surface area contributed by atoms with Crippen LogP contribution in [0.2, 0.25) is 0 Å². The van der Waals surface area contributed by atoms with Crippen LogP contribution < -0.4 is 4.74 Å². The van der Waals surface area contributed by atoms with E-state index in [4.69, 9.17) is 9.84 Å². The molecule has 0 amide bonds. The molecule has 0 aromatic heterocycles. The van der Waals surface area contributed by atoms with Crippen molar-refractivity contribution < 1.29 is 14.6 Å². The topological polar surface area (TPSA) is 46.5 Å². The Balaban J connectivity index is 3.00. The highest BCUT2D eigenvalue weighted by Gasteiger charge is 2.14. The fourth-order valence-corrected chi connectivity index (χ4v) is 2.11. The lowest BCUT2D eigenvalue weighted by atomic mass is 9.97. The lowest BCUT2D eigenvalue weighted by Crippen LogP contribution is -2.13. The molecule has 1 atom stereocenters. The third-order valence-electron chi connectivity index (χ3n) is 2.56. The number of carbonyl (C=O) groups is 1. The summed E-state index contributed by atoms with van der Waals surface area (Å²) in [6, 6.07) is 3.83. The van der Waals surface area contributed by atoms with Gasteiger partial charge in [0.1, 0.15) is 5.75 Å². The number of ether oxygens (including phenoxy) is 1. The van der Waals surface area contributed by atoms with Crippen LogP contribution in [0, 0.1) is 12.8 Å². The van der Waals surface area contributed by atoms with Crippen molar-refractivity contribution in [3.05, 3.63) is 27.7 Å². The third kappa shape index (κ3) is 2.98. The van der Waals surface area contributed by atoms with Gasteiger partial charge in [0.25, 0.3) is 0 Å². The number of rotatable bonds is 4. The molecule has 88 valence electrons. The number of carboxylic acid groups (broad SMARTS) is 1. The molecule has 1 N–H and O–H groups in total. The Morgan fingerprint density at radius 1 is 1.56 bits per heavy atom. The van der Waals surface area contributed by atoms with Crippen molar-refractivity contribution >= 4 is 21.9 Å². The summed E-state index contributed by atoms with van der Waals surface area (Å²) >= 11 is 3.40. The van der Waals surface area contributed by atoms with Crippen LogP contribution in [0.25, 0.3) is 0 Å². The Labute approximate surface area is 104 Å². The zero-order valence-electron chi connectivity index (χ0n) is 9.58. The fourth-order valence-electron chi connectivity index (χ4n) is 1.49. The molecule has 0 fully saturated rings. The van der Waals surface area contributed by atoms with Crippen LogP contribution in [0.3, 0.4) is 0 Å². The van der Waals surface area contributed by atoms with Gasteiger partial charge in [0.2, 0.25) is 0 Å². The minimum Gasteiger partial charge on any atom is -0.496 e. The van der Waals surface area contributed by atoms with Crippen molar-refractivity contribution in [2.45, 2.75) is 20.3 Å². The van der Waals surface area contributed by atoms with Crippen LogP contribution in [0.4, 0.5) is 0 Å². The second-order valence-electron chi connectivity index (χ2n) is 3.86. The first-order valence-electron chi connectivity index (χ1n) is 5.01. The molecule has 0 saturated heterocycles. The SMILES string of the molecule is COc1cc(CC(C)C(=O)O)c(C)cc1Br. The molecule has 3 nitrogen and oxygen atoms in total. The number of aliphatic carboxylic acids is 1. The molecule has 0 aliphatic carbocycles. The first-order chi connectivity index (χ1) is 7.45. The summed E-state index contributed by atoms with van der Waals surface area (Å²) in [5.74, 6) is -0.427. The van der Waals surface area contributed by atoms with E-state index >= 15 is 0 Å². The standard InChI is InChI=1S/C12H15BrO3/c1-7-5-10(13)11(16-3)6-9(7)4-8(2)12(14)15/h5-6,8H,4H2,1-3H3,(H,14,15). The van der Waals surface area contributed by atoms with Crippen LogP contribution in [-0.2, 0) is 11.2 Å². The van der Waals surface area contributed by atoms with Crippen molar-refractivity contribution in [2.24, 2.45) is 5.92 Å². The Kier molecular flexibility index (Phi) is 4.35. The normalized spacial score (nSPS) is 12.2. The van der Waals surface area contributed by atoms with Crippen molar-refractivity contribution in [3.63, 3.8) is 0 Å². The molecular weight excluding hydrogens is 272 g/mol. The molecule has 1 unspecified atom stereocenters. The molecular formula is C12H15BrO3. The van der Waals surface area contributed by atoms with Crippen LogP contribution in [0.15, 0.2) is 16.6 Å². The number of benzene rings is 1. The van der Waals surface area contributed by atoms with Gasteiger partial charge in [0.15, 0.2) is 0 Å². The van der Waals surface area contributed by atoms with Crippen LogP contribution in [0.1, 0.15) is 18.1 Å². The summed E-state index contributed by atoms with van der Waals surface area (Å²) in [5, 5.41) is 8.87. The van der Waals surface area contributed by atoms with E-state index in [2.05, 4.69) is 15.9 Å². The smallest absolute Gasteiger partial charge is 0.306 e. The van der Waals surface area contributed by atoms with Gasteiger partial charge in [-0.05, 0) is 52.5 Å². The lowest BCUT2D eigenvalue weighted by molar-refractivity contribution is -0.141. The van der Waals surface area contributed by atoms with Crippen LogP contribution in [-0.4, -0.2) is 18.2 Å². The molecule has 16 heavy (non-hydrogen) atoms. The van der Waals surface area contributed by atoms with E-state index in [1.807, 2.05) is 19.1 Å². The molecule has 0 spiro atoms. The summed E-state index contributed by atoms with van der Waals surface area (Å²) in [6.45, 7) is 3.67. The van der Waals surface area contributed by atoms with E-state index in [9.17, 15) is 4.79 Å². The Bertz CT molecular complexity index is 401. The fraction of sp³-hybridized carbons (Fsp3) is 0.417. The molecule has 4 heteroatoms. The van der Waals surface area contributed by atoms with Gasteiger partial charge < -0.3 is 9.84 Å². The second-order valence-corrected chi connectivity index (χ2v) is 4.71. The number of halogens is 1. The van der Waals surface area contributed by atoms with E-state index in [1.54, 1.807) is 14.0 Å². The average molecular weight is 287 g/mol. The summed E-state index contributed by atoms with van der Waals surface area (Å²) < 4.78 is 6.08. The monoisotopic (exact) mass is 286 g/mol. The summed E-state index contributed by atoms with van der Waals surface area (Å²) in [6.07, 6.45) is 0.519. The molecule has 0 heterocycles. The van der Waals surface area contributed by atoms with Crippen molar-refractivity contribution in [2.75, 3.05) is 7.11 Å². The first-order valence-corrected chi connectivity index (χ1v) is 5.80. The van der Waals surface area contributed by atoms with E-state index in [-0.39, 0.29) is 5.92 Å². The molecule has 1 aromatic rings. The van der Waals surface area contributed by atoms with Gasteiger partial charge in [0.05, 0.1) is 17.5 Å². The van der Waals surface area contributed by atoms with Gasteiger partial charge in [0, 0.05) is 0 Å². The predicted octanol–water partition coefficient (Wildman–Crippen LogP) is 3.03. The maximum absolute atomic E-state index is 10.8. The summed E-state index contributed by atoms with van der Waals surface area (Å²) in [7, 11) is 1.60. The van der Waals surface area contributed by atoms with Gasteiger partial charge in [-0.25, -0.2) is 0 Å². The maximum Gasteiger partial charge on any atom is 0.306 e. The zero-order valence-corrected chi connectivity index (χ0v) is 11.2. The minimum absolute atomic E-state index is 0.385. The minimum atomic E-state index is -0.777. The van der Waals surface area contributed by atoms with Crippen LogP contribution in [0.5, 0.6) is 5.75 Å². The molecule has 0 radical (unpaired) electrons. The Morgan fingerprint density at radius 2 is 2.19 bits per heavy atom. The largest absolute Gasteiger partial charge is 0.496 e. The Hall–Kier alpha value is -1.03. The second kappa shape index (κ2) is 5.34. The number of hydrogen-bond donors (Lipinski definition) is 1. The van der Waals surface area contributed by atoms with E-state index in [0.29, 0.717) is 6.42 Å². The molecule has 0 aliphatic rings. The van der Waals surface area contributed by atoms with Crippen LogP contribution >= 0.6 is 15.9 Å². The molecule has 1 rings (SSSR count).